The minimum atomic E-state index is -0.742. The first-order valence-corrected chi connectivity index (χ1v) is 6.24. The Hall–Kier alpha value is -2.89. The Balaban J connectivity index is 2.03. The lowest BCUT2D eigenvalue weighted by Crippen LogP contribution is -2.20. The predicted octanol–water partition coefficient (Wildman–Crippen LogP) is 2.22. The second-order valence-corrected chi connectivity index (χ2v) is 4.79. The summed E-state index contributed by atoms with van der Waals surface area (Å²) in [7, 11) is 0. The average molecular weight is 288 g/mol. The highest BCUT2D eigenvalue weighted by atomic mass is 16.5. The number of hydrogen-bond acceptors (Lipinski definition) is 6. The van der Waals surface area contributed by atoms with Crippen molar-refractivity contribution < 1.29 is 30.0 Å². The van der Waals surface area contributed by atoms with Crippen LogP contribution in [-0.2, 0) is 0 Å². The Labute approximate surface area is 119 Å². The second-order valence-electron chi connectivity index (χ2n) is 4.79. The maximum atomic E-state index is 12.1. The first-order chi connectivity index (χ1) is 9.97. The third kappa shape index (κ3) is 2.10. The van der Waals surface area contributed by atoms with Crippen molar-refractivity contribution in [1.29, 1.82) is 0 Å². The van der Waals surface area contributed by atoms with Gasteiger partial charge in [-0.1, -0.05) is 12.1 Å². The van der Waals surface area contributed by atoms with Crippen molar-refractivity contribution >= 4 is 5.78 Å². The number of Topliss-reactive ketones (excluding diaryl/α,β-unsaturated/α-hetero) is 1. The standard InChI is InChI=1S/C15H12O6/c16-8-3-1-7(2-4-8)11-5-9(17)13-12(21-11)6-10(18)14(19)15(13)20/h1-4,6,11,16,18-20H,5H2. The molecule has 1 aliphatic heterocycles. The molecule has 0 saturated carbocycles. The van der Waals surface area contributed by atoms with Gasteiger partial charge in [0.15, 0.2) is 17.3 Å². The fourth-order valence-electron chi connectivity index (χ4n) is 2.32. The van der Waals surface area contributed by atoms with Crippen LogP contribution in [0.15, 0.2) is 30.3 Å². The molecule has 6 nitrogen and oxygen atoms in total. The van der Waals surface area contributed by atoms with E-state index in [1.807, 2.05) is 0 Å². The molecule has 0 bridgehead atoms. The van der Waals surface area contributed by atoms with Crippen molar-refractivity contribution in [1.82, 2.24) is 0 Å². The topological polar surface area (TPSA) is 107 Å². The molecule has 1 aliphatic rings. The first kappa shape index (κ1) is 13.1. The third-order valence-electron chi connectivity index (χ3n) is 3.40. The van der Waals surface area contributed by atoms with Gasteiger partial charge in [0.2, 0.25) is 5.75 Å². The van der Waals surface area contributed by atoms with Crippen molar-refractivity contribution in [2.75, 3.05) is 0 Å². The molecule has 1 unspecified atom stereocenters. The molecule has 0 saturated heterocycles. The Bertz CT molecular complexity index is 720. The number of aromatic hydroxyl groups is 4. The van der Waals surface area contributed by atoms with Gasteiger partial charge in [0, 0.05) is 6.07 Å². The van der Waals surface area contributed by atoms with Crippen molar-refractivity contribution in [2.24, 2.45) is 0 Å². The number of hydrogen-bond donors (Lipinski definition) is 4. The number of ether oxygens (including phenoxy) is 1. The van der Waals surface area contributed by atoms with E-state index in [9.17, 15) is 25.2 Å². The second kappa shape index (κ2) is 4.59. The molecule has 21 heavy (non-hydrogen) atoms. The number of rotatable bonds is 1. The number of phenols is 4. The van der Waals surface area contributed by atoms with Crippen molar-refractivity contribution in [3.8, 4) is 28.7 Å². The molecular formula is C15H12O6. The largest absolute Gasteiger partial charge is 0.508 e. The number of phenolic OH excluding ortho intramolecular Hbond substituents is 4. The molecule has 0 aromatic heterocycles. The smallest absolute Gasteiger partial charge is 0.201 e. The summed E-state index contributed by atoms with van der Waals surface area (Å²) in [5, 5.41) is 38.0. The van der Waals surface area contributed by atoms with Crippen molar-refractivity contribution in [2.45, 2.75) is 12.5 Å². The molecule has 0 amide bonds. The van der Waals surface area contributed by atoms with Crippen LogP contribution < -0.4 is 4.74 Å². The van der Waals surface area contributed by atoms with Crippen LogP contribution in [0.25, 0.3) is 0 Å². The molecular weight excluding hydrogens is 276 g/mol. The molecule has 0 fully saturated rings. The lowest BCUT2D eigenvalue weighted by molar-refractivity contribution is 0.0843. The van der Waals surface area contributed by atoms with Crippen molar-refractivity contribution in [3.63, 3.8) is 0 Å². The zero-order chi connectivity index (χ0) is 15.1. The van der Waals surface area contributed by atoms with Crippen LogP contribution in [0.5, 0.6) is 28.7 Å². The van der Waals surface area contributed by atoms with E-state index in [4.69, 9.17) is 4.74 Å². The van der Waals surface area contributed by atoms with E-state index in [-0.39, 0.29) is 23.5 Å². The SMILES string of the molecule is O=C1CC(c2ccc(O)cc2)Oc2cc(O)c(O)c(O)c21. The highest BCUT2D eigenvalue weighted by molar-refractivity contribution is 6.03. The summed E-state index contributed by atoms with van der Waals surface area (Å²) >= 11 is 0. The molecule has 2 aromatic rings. The number of carbonyl (C=O) groups is 1. The van der Waals surface area contributed by atoms with Gasteiger partial charge in [-0.05, 0) is 17.7 Å². The maximum Gasteiger partial charge on any atom is 0.201 e. The molecule has 1 heterocycles. The van der Waals surface area contributed by atoms with E-state index in [2.05, 4.69) is 0 Å². The van der Waals surface area contributed by atoms with Gasteiger partial charge in [-0.3, -0.25) is 4.79 Å². The van der Waals surface area contributed by atoms with Crippen molar-refractivity contribution in [3.05, 3.63) is 41.5 Å². The Kier molecular flexibility index (Phi) is 2.86. The fraction of sp³-hybridized carbons (Fsp3) is 0.133. The molecule has 3 rings (SSSR count). The quantitative estimate of drug-likeness (QED) is 0.599. The molecule has 108 valence electrons. The van der Waals surface area contributed by atoms with E-state index in [0.717, 1.165) is 6.07 Å². The summed E-state index contributed by atoms with van der Waals surface area (Å²) in [6, 6.07) is 7.29. The summed E-state index contributed by atoms with van der Waals surface area (Å²) in [4.78, 5) is 12.1. The summed E-state index contributed by atoms with van der Waals surface area (Å²) in [5.41, 5.74) is 0.541. The molecule has 1 atom stereocenters. The van der Waals surface area contributed by atoms with Gasteiger partial charge in [-0.15, -0.1) is 0 Å². The molecule has 0 radical (unpaired) electrons. The van der Waals surface area contributed by atoms with Crippen LogP contribution >= 0.6 is 0 Å². The molecule has 0 spiro atoms. The van der Waals surface area contributed by atoms with E-state index < -0.39 is 29.1 Å². The van der Waals surface area contributed by atoms with Gasteiger partial charge in [-0.2, -0.15) is 0 Å². The van der Waals surface area contributed by atoms with E-state index >= 15 is 0 Å². The average Bonchev–Trinajstić information content (AvgIpc) is 2.45. The number of fused-ring (bicyclic) bond motifs is 1. The number of ketones is 1. The summed E-state index contributed by atoms with van der Waals surface area (Å²) in [6.07, 6.45) is -0.607. The molecule has 0 aliphatic carbocycles. The minimum absolute atomic E-state index is 0.0112. The van der Waals surface area contributed by atoms with E-state index in [1.165, 1.54) is 12.1 Å². The van der Waals surface area contributed by atoms with Gasteiger partial charge < -0.3 is 25.2 Å². The zero-order valence-electron chi connectivity index (χ0n) is 10.8. The summed E-state index contributed by atoms with van der Waals surface area (Å²) in [5.74, 6) is -2.28. The van der Waals surface area contributed by atoms with Crippen LogP contribution in [0.4, 0.5) is 0 Å². The van der Waals surface area contributed by atoms with Crippen LogP contribution in [0, 0.1) is 0 Å². The normalized spacial score (nSPS) is 17.1. The minimum Gasteiger partial charge on any atom is -0.508 e. The molecule has 2 aromatic carbocycles. The zero-order valence-corrected chi connectivity index (χ0v) is 10.8. The lowest BCUT2D eigenvalue weighted by atomic mass is 9.95. The van der Waals surface area contributed by atoms with Gasteiger partial charge >= 0.3 is 0 Å². The summed E-state index contributed by atoms with van der Waals surface area (Å²) < 4.78 is 5.61. The predicted molar refractivity (Wildman–Crippen MR) is 71.9 cm³/mol. The van der Waals surface area contributed by atoms with E-state index in [0.29, 0.717) is 5.56 Å². The highest BCUT2D eigenvalue weighted by Gasteiger charge is 2.32. The maximum absolute atomic E-state index is 12.1. The summed E-state index contributed by atoms with van der Waals surface area (Å²) in [6.45, 7) is 0. The third-order valence-corrected chi connectivity index (χ3v) is 3.40. The molecule has 6 heteroatoms. The number of benzene rings is 2. The molecule has 4 N–H and O–H groups in total. The fourth-order valence-corrected chi connectivity index (χ4v) is 2.32. The van der Waals surface area contributed by atoms with Gasteiger partial charge in [0.1, 0.15) is 23.2 Å². The Morgan fingerprint density at radius 3 is 2.33 bits per heavy atom. The van der Waals surface area contributed by atoms with Crippen LogP contribution in [0.3, 0.4) is 0 Å². The lowest BCUT2D eigenvalue weighted by Gasteiger charge is -2.26. The Morgan fingerprint density at radius 1 is 1.00 bits per heavy atom. The van der Waals surface area contributed by atoms with Crippen LogP contribution in [-0.4, -0.2) is 26.2 Å². The van der Waals surface area contributed by atoms with Gasteiger partial charge in [0.05, 0.1) is 6.42 Å². The van der Waals surface area contributed by atoms with Crippen LogP contribution in [0.2, 0.25) is 0 Å². The highest BCUT2D eigenvalue weighted by Crippen LogP contribution is 2.47. The van der Waals surface area contributed by atoms with Gasteiger partial charge in [-0.25, -0.2) is 0 Å². The monoisotopic (exact) mass is 288 g/mol. The Morgan fingerprint density at radius 2 is 1.67 bits per heavy atom. The van der Waals surface area contributed by atoms with E-state index in [1.54, 1.807) is 12.1 Å². The number of carbonyl (C=O) groups excluding carboxylic acids is 1. The first-order valence-electron chi connectivity index (χ1n) is 6.24. The van der Waals surface area contributed by atoms with Crippen LogP contribution in [0.1, 0.15) is 28.4 Å². The van der Waals surface area contributed by atoms with Gasteiger partial charge in [0.25, 0.3) is 0 Å².